The fraction of sp³-hybridized carbons (Fsp3) is 0.118. The van der Waals surface area contributed by atoms with Crippen molar-refractivity contribution >= 4 is 16.9 Å². The molecule has 0 atom stereocenters. The minimum atomic E-state index is -0.458. The van der Waals surface area contributed by atoms with Gasteiger partial charge in [0.15, 0.2) is 6.20 Å². The Morgan fingerprint density at radius 3 is 2.73 bits per heavy atom. The summed E-state index contributed by atoms with van der Waals surface area (Å²) < 4.78 is 5.91. The number of carbonyl (C=O) groups is 1. The summed E-state index contributed by atoms with van der Waals surface area (Å²) in [4.78, 5) is 16.6. The van der Waals surface area contributed by atoms with Crippen molar-refractivity contribution in [1.29, 1.82) is 0 Å². The molecule has 5 nitrogen and oxygen atoms in total. The fourth-order valence-corrected chi connectivity index (χ4v) is 2.41. The Balaban J connectivity index is 2.35. The number of hydrogen-bond donors (Lipinski definition) is 0. The van der Waals surface area contributed by atoms with Gasteiger partial charge in [-0.25, -0.2) is 4.79 Å². The molecule has 0 unspecified atom stereocenters. The van der Waals surface area contributed by atoms with E-state index in [1.165, 1.54) is 6.20 Å². The molecule has 0 fully saturated rings. The molecule has 0 radical (unpaired) electrons. The highest BCUT2D eigenvalue weighted by Crippen LogP contribution is 2.27. The maximum absolute atomic E-state index is 12.4. The summed E-state index contributed by atoms with van der Waals surface area (Å²) in [6.07, 6.45) is 2.99. The predicted molar refractivity (Wildman–Crippen MR) is 82.1 cm³/mol. The summed E-state index contributed by atoms with van der Waals surface area (Å²) in [5.74, 6) is -0.458. The van der Waals surface area contributed by atoms with Gasteiger partial charge in [-0.2, -0.15) is 4.73 Å². The highest BCUT2D eigenvalue weighted by molar-refractivity contribution is 6.07. The third kappa shape index (κ3) is 2.37. The van der Waals surface area contributed by atoms with Crippen molar-refractivity contribution in [3.8, 4) is 11.3 Å². The first-order valence-corrected chi connectivity index (χ1v) is 6.95. The van der Waals surface area contributed by atoms with Gasteiger partial charge in [0.05, 0.1) is 28.8 Å². The van der Waals surface area contributed by atoms with Gasteiger partial charge in [-0.1, -0.05) is 18.2 Å². The lowest BCUT2D eigenvalue weighted by Crippen LogP contribution is -2.28. The van der Waals surface area contributed by atoms with Gasteiger partial charge >= 0.3 is 5.97 Å². The molecule has 0 aliphatic carbocycles. The third-order valence-corrected chi connectivity index (χ3v) is 3.35. The van der Waals surface area contributed by atoms with Gasteiger partial charge in [0.2, 0.25) is 5.52 Å². The van der Waals surface area contributed by atoms with Crippen molar-refractivity contribution < 1.29 is 14.3 Å². The number of aromatic nitrogens is 2. The van der Waals surface area contributed by atoms with Crippen LogP contribution in [0, 0.1) is 5.21 Å². The predicted octanol–water partition coefficient (Wildman–Crippen LogP) is 2.71. The zero-order chi connectivity index (χ0) is 15.5. The van der Waals surface area contributed by atoms with Crippen LogP contribution >= 0.6 is 0 Å². The largest absolute Gasteiger partial charge is 0.618 e. The second kappa shape index (κ2) is 5.81. The minimum absolute atomic E-state index is 0.265. The molecule has 0 aliphatic rings. The number of nitrogens with zero attached hydrogens (tertiary/aromatic N) is 2. The molecular weight excluding hydrogens is 280 g/mol. The van der Waals surface area contributed by atoms with Gasteiger partial charge in [0.1, 0.15) is 0 Å². The number of para-hydroxylation sites is 1. The molecule has 0 saturated carbocycles. The summed E-state index contributed by atoms with van der Waals surface area (Å²) in [5.41, 5.74) is 1.81. The lowest BCUT2D eigenvalue weighted by atomic mass is 10.0. The van der Waals surface area contributed by atoms with Crippen molar-refractivity contribution in [2.24, 2.45) is 0 Å². The van der Waals surface area contributed by atoms with E-state index in [1.54, 1.807) is 49.5 Å². The Kier molecular flexibility index (Phi) is 3.70. The fourth-order valence-electron chi connectivity index (χ4n) is 2.41. The molecule has 5 heteroatoms. The molecule has 110 valence electrons. The Morgan fingerprint density at radius 1 is 1.23 bits per heavy atom. The third-order valence-electron chi connectivity index (χ3n) is 3.35. The Morgan fingerprint density at radius 2 is 2.00 bits per heavy atom. The standard InChI is InChI=1S/C17H14N2O3/c1-2-22-17(20)16-12-7-3-4-9-15(12)19(21)11-13(16)14-8-5-6-10-18-14/h3-11H,2H2,1H3. The molecule has 22 heavy (non-hydrogen) atoms. The summed E-state index contributed by atoms with van der Waals surface area (Å²) in [7, 11) is 0. The first-order valence-electron chi connectivity index (χ1n) is 6.95. The van der Waals surface area contributed by atoms with E-state index in [2.05, 4.69) is 4.98 Å². The topological polar surface area (TPSA) is 66.1 Å². The summed E-state index contributed by atoms with van der Waals surface area (Å²) >= 11 is 0. The summed E-state index contributed by atoms with van der Waals surface area (Å²) in [5, 5.41) is 12.8. The molecule has 2 aromatic heterocycles. The Bertz CT molecular complexity index is 832. The van der Waals surface area contributed by atoms with E-state index in [4.69, 9.17) is 4.74 Å². The van der Waals surface area contributed by atoms with E-state index in [9.17, 15) is 10.0 Å². The molecule has 0 spiro atoms. The second-order valence-electron chi connectivity index (χ2n) is 4.70. The van der Waals surface area contributed by atoms with Gasteiger partial charge < -0.3 is 9.94 Å². The van der Waals surface area contributed by atoms with Gasteiger partial charge in [-0.05, 0) is 25.1 Å². The van der Waals surface area contributed by atoms with Crippen molar-refractivity contribution in [2.45, 2.75) is 6.92 Å². The van der Waals surface area contributed by atoms with Crippen molar-refractivity contribution in [3.63, 3.8) is 0 Å². The van der Waals surface area contributed by atoms with Crippen LogP contribution in [0.15, 0.2) is 54.9 Å². The lowest BCUT2D eigenvalue weighted by molar-refractivity contribution is -0.576. The number of carbonyl (C=O) groups excluding carboxylic acids is 1. The number of rotatable bonds is 3. The number of pyridine rings is 2. The van der Waals surface area contributed by atoms with Crippen LogP contribution in [0.5, 0.6) is 0 Å². The lowest BCUT2D eigenvalue weighted by Gasteiger charge is -2.11. The molecule has 0 N–H and O–H groups in total. The van der Waals surface area contributed by atoms with E-state index >= 15 is 0 Å². The smallest absolute Gasteiger partial charge is 0.339 e. The molecule has 1 aromatic carbocycles. The van der Waals surface area contributed by atoms with Crippen LogP contribution in [0.4, 0.5) is 0 Å². The number of benzene rings is 1. The van der Waals surface area contributed by atoms with Crippen LogP contribution in [-0.4, -0.2) is 17.6 Å². The SMILES string of the molecule is CCOC(=O)c1c(-c2ccccn2)c[n+]([O-])c2ccccc12. The van der Waals surface area contributed by atoms with E-state index in [0.717, 1.165) is 4.73 Å². The normalized spacial score (nSPS) is 10.6. The number of hydrogen-bond acceptors (Lipinski definition) is 4. The molecular formula is C17H14N2O3. The minimum Gasteiger partial charge on any atom is -0.618 e. The molecule has 2 heterocycles. The van der Waals surface area contributed by atoms with Crippen LogP contribution in [0.25, 0.3) is 22.2 Å². The van der Waals surface area contributed by atoms with Crippen LogP contribution in [0.2, 0.25) is 0 Å². The van der Waals surface area contributed by atoms with Gasteiger partial charge in [-0.3, -0.25) is 4.98 Å². The van der Waals surface area contributed by atoms with Crippen LogP contribution in [0.1, 0.15) is 17.3 Å². The number of fused-ring (bicyclic) bond motifs is 1. The van der Waals surface area contributed by atoms with Crippen LogP contribution in [-0.2, 0) is 4.74 Å². The maximum Gasteiger partial charge on any atom is 0.339 e. The number of ether oxygens (including phenoxy) is 1. The molecule has 0 amide bonds. The first-order chi connectivity index (χ1) is 10.7. The maximum atomic E-state index is 12.4. The molecule has 0 bridgehead atoms. The average molecular weight is 294 g/mol. The quantitative estimate of drug-likeness (QED) is 0.423. The average Bonchev–Trinajstić information content (AvgIpc) is 2.56. The second-order valence-corrected chi connectivity index (χ2v) is 4.70. The summed E-state index contributed by atoms with van der Waals surface area (Å²) in [6, 6.07) is 12.3. The number of esters is 1. The molecule has 3 aromatic rings. The Hall–Kier alpha value is -2.95. The van der Waals surface area contributed by atoms with Crippen molar-refractivity contribution in [1.82, 2.24) is 4.98 Å². The van der Waals surface area contributed by atoms with E-state index < -0.39 is 5.97 Å². The van der Waals surface area contributed by atoms with Crippen LogP contribution in [0.3, 0.4) is 0 Å². The molecule has 0 aliphatic heterocycles. The highest BCUT2D eigenvalue weighted by Gasteiger charge is 2.23. The zero-order valence-electron chi connectivity index (χ0n) is 12.0. The highest BCUT2D eigenvalue weighted by atomic mass is 16.5. The monoisotopic (exact) mass is 294 g/mol. The van der Waals surface area contributed by atoms with Gasteiger partial charge in [0.25, 0.3) is 0 Å². The first kappa shape index (κ1) is 14.0. The Labute approximate surface area is 127 Å². The van der Waals surface area contributed by atoms with E-state index in [1.807, 2.05) is 6.07 Å². The summed E-state index contributed by atoms with van der Waals surface area (Å²) in [6.45, 7) is 2.01. The van der Waals surface area contributed by atoms with Crippen molar-refractivity contribution in [2.75, 3.05) is 6.61 Å². The van der Waals surface area contributed by atoms with Crippen molar-refractivity contribution in [3.05, 3.63) is 65.6 Å². The van der Waals surface area contributed by atoms with Crippen LogP contribution < -0.4 is 4.73 Å². The van der Waals surface area contributed by atoms with Gasteiger partial charge in [-0.15, -0.1) is 0 Å². The molecule has 3 rings (SSSR count). The van der Waals surface area contributed by atoms with E-state index in [-0.39, 0.29) is 6.61 Å². The van der Waals surface area contributed by atoms with Gasteiger partial charge in [0, 0.05) is 12.3 Å². The molecule has 0 saturated heterocycles. The van der Waals surface area contributed by atoms with E-state index in [0.29, 0.717) is 27.7 Å². The zero-order valence-corrected chi connectivity index (χ0v) is 12.0.